The molecule has 0 saturated carbocycles. The van der Waals surface area contributed by atoms with Crippen LogP contribution in [0.25, 0.3) is 0 Å². The van der Waals surface area contributed by atoms with E-state index in [1.54, 1.807) is 20.8 Å². The summed E-state index contributed by atoms with van der Waals surface area (Å²) in [6, 6.07) is 28.9. The second kappa shape index (κ2) is 13.4. The van der Waals surface area contributed by atoms with E-state index in [4.69, 9.17) is 18.4 Å². The lowest BCUT2D eigenvalue weighted by atomic mass is 9.80. The van der Waals surface area contributed by atoms with Gasteiger partial charge in [-0.15, -0.1) is 0 Å². The van der Waals surface area contributed by atoms with Gasteiger partial charge in [0.1, 0.15) is 29.6 Å². The van der Waals surface area contributed by atoms with Gasteiger partial charge in [-0.25, -0.2) is 9.59 Å². The lowest BCUT2D eigenvalue weighted by Crippen LogP contribution is -2.47. The number of nitrogens with zero attached hydrogens (tertiary/aromatic N) is 2. The van der Waals surface area contributed by atoms with Gasteiger partial charge in [-0.1, -0.05) is 91.0 Å². The lowest BCUT2D eigenvalue weighted by molar-refractivity contribution is -0.0912. The maximum atomic E-state index is 13.6. The maximum absolute atomic E-state index is 13.6. The molecular formula is C35H38N2O9S. The second-order valence-corrected chi connectivity index (χ2v) is 14.0. The van der Waals surface area contributed by atoms with Gasteiger partial charge in [-0.3, -0.25) is 13.5 Å². The molecule has 1 aliphatic rings. The van der Waals surface area contributed by atoms with Crippen molar-refractivity contribution in [3.05, 3.63) is 140 Å². The Morgan fingerprint density at radius 3 is 1.81 bits per heavy atom. The number of aryl methyl sites for hydroxylation is 1. The highest BCUT2D eigenvalue weighted by Gasteiger charge is 2.44. The van der Waals surface area contributed by atoms with Crippen LogP contribution in [0.4, 0.5) is 4.79 Å². The molecule has 1 saturated heterocycles. The number of carbonyl (C=O) groups excluding carboxylic acids is 1. The van der Waals surface area contributed by atoms with Crippen LogP contribution in [0.15, 0.2) is 107 Å². The second-order valence-electron chi connectivity index (χ2n) is 12.4. The zero-order valence-corrected chi connectivity index (χ0v) is 27.7. The minimum absolute atomic E-state index is 0.0793. The highest BCUT2D eigenvalue weighted by Crippen LogP contribution is 2.42. The third-order valence-electron chi connectivity index (χ3n) is 7.66. The quantitative estimate of drug-likeness (QED) is 0.184. The van der Waals surface area contributed by atoms with Gasteiger partial charge in [0.25, 0.3) is 15.7 Å². The molecule has 3 aromatic carbocycles. The molecule has 0 radical (unpaired) electrons. The number of hydrogen-bond donors (Lipinski definition) is 0. The minimum Gasteiger partial charge on any atom is -0.443 e. The molecule has 11 nitrogen and oxygen atoms in total. The van der Waals surface area contributed by atoms with Gasteiger partial charge < -0.3 is 14.2 Å². The molecule has 3 atom stereocenters. The van der Waals surface area contributed by atoms with Crippen molar-refractivity contribution in [2.45, 2.75) is 63.8 Å². The van der Waals surface area contributed by atoms with E-state index >= 15 is 0 Å². The molecule has 0 spiro atoms. The van der Waals surface area contributed by atoms with Gasteiger partial charge in [0.15, 0.2) is 0 Å². The van der Waals surface area contributed by atoms with Crippen molar-refractivity contribution >= 4 is 16.2 Å². The van der Waals surface area contributed by atoms with Gasteiger partial charge in [-0.2, -0.15) is 13.0 Å². The number of carbonyl (C=O) groups is 1. The first kappa shape index (κ1) is 34.0. The van der Waals surface area contributed by atoms with Crippen molar-refractivity contribution in [2.24, 2.45) is 0 Å². The summed E-state index contributed by atoms with van der Waals surface area (Å²) in [5.41, 5.74) is -1.39. The normalized spacial score (nSPS) is 18.6. The van der Waals surface area contributed by atoms with Crippen molar-refractivity contribution < 1.29 is 31.6 Å². The molecule has 1 unspecified atom stereocenters. The summed E-state index contributed by atoms with van der Waals surface area (Å²) >= 11 is 0. The van der Waals surface area contributed by atoms with E-state index < -0.39 is 57.1 Å². The fraction of sp³-hybridized carbons (Fsp3) is 0.343. The maximum Gasteiger partial charge on any atom is 0.425 e. The Morgan fingerprint density at radius 1 is 0.872 bits per heavy atom. The van der Waals surface area contributed by atoms with Crippen molar-refractivity contribution in [2.75, 3.05) is 12.9 Å². The summed E-state index contributed by atoms with van der Waals surface area (Å²) in [5.74, 6) is 0. The summed E-state index contributed by atoms with van der Waals surface area (Å²) < 4.78 is 50.2. The van der Waals surface area contributed by atoms with Crippen LogP contribution in [0.3, 0.4) is 0 Å². The van der Waals surface area contributed by atoms with Crippen LogP contribution in [0, 0.1) is 6.92 Å². The Bertz CT molecular complexity index is 1840. The first-order chi connectivity index (χ1) is 22.2. The molecule has 47 heavy (non-hydrogen) atoms. The standard InChI is InChI=1S/C35H38N2O9S/c1-24-22-36(32(39)37(31(24)38)33(40)45-34(2,3)4)30-21-28(46-47(5,41)42)29(44-30)23-43-35(25-15-9-6-10-16-25,26-17-11-7-12-18-26)27-19-13-8-14-20-27/h6-20,22,28-30H,21,23H2,1-5H3/t28-,29-,30?/m1/s1. The number of benzene rings is 3. The van der Waals surface area contributed by atoms with Crippen LogP contribution in [0.1, 0.15) is 55.7 Å². The Hall–Kier alpha value is -4.36. The summed E-state index contributed by atoms with van der Waals surface area (Å²) in [4.78, 5) is 39.4. The van der Waals surface area contributed by atoms with Crippen molar-refractivity contribution in [3.8, 4) is 0 Å². The highest BCUT2D eigenvalue weighted by atomic mass is 32.2. The molecule has 1 fully saturated rings. The predicted octanol–water partition coefficient (Wildman–Crippen LogP) is 4.74. The van der Waals surface area contributed by atoms with Crippen LogP contribution in [0.5, 0.6) is 0 Å². The zero-order valence-electron chi connectivity index (χ0n) is 26.9. The van der Waals surface area contributed by atoms with Crippen molar-refractivity contribution in [3.63, 3.8) is 0 Å². The van der Waals surface area contributed by atoms with Crippen LogP contribution >= 0.6 is 0 Å². The molecule has 1 aromatic heterocycles. The van der Waals surface area contributed by atoms with E-state index in [1.165, 1.54) is 13.1 Å². The molecule has 0 bridgehead atoms. The lowest BCUT2D eigenvalue weighted by Gasteiger charge is -2.37. The monoisotopic (exact) mass is 662 g/mol. The van der Waals surface area contributed by atoms with Gasteiger partial charge in [0, 0.05) is 18.2 Å². The first-order valence-corrected chi connectivity index (χ1v) is 16.9. The summed E-state index contributed by atoms with van der Waals surface area (Å²) in [6.07, 6.45) is -2.18. The van der Waals surface area contributed by atoms with Crippen LogP contribution in [0.2, 0.25) is 0 Å². The van der Waals surface area contributed by atoms with Gasteiger partial charge >= 0.3 is 11.8 Å². The number of ether oxygens (including phenoxy) is 3. The van der Waals surface area contributed by atoms with E-state index in [9.17, 15) is 22.8 Å². The number of rotatable bonds is 9. The van der Waals surface area contributed by atoms with Gasteiger partial charge in [-0.05, 0) is 44.4 Å². The van der Waals surface area contributed by atoms with E-state index in [0.29, 0.717) is 4.57 Å². The first-order valence-electron chi connectivity index (χ1n) is 15.1. The van der Waals surface area contributed by atoms with E-state index in [1.807, 2.05) is 91.0 Å². The van der Waals surface area contributed by atoms with Crippen LogP contribution in [-0.4, -0.2) is 54.3 Å². The number of aromatic nitrogens is 2. The third-order valence-corrected chi connectivity index (χ3v) is 8.25. The molecule has 0 N–H and O–H groups in total. The van der Waals surface area contributed by atoms with Gasteiger partial charge in [0.05, 0.1) is 12.9 Å². The molecule has 248 valence electrons. The Labute approximate surface area is 273 Å². The third kappa shape index (κ3) is 7.46. The molecular weight excluding hydrogens is 624 g/mol. The van der Waals surface area contributed by atoms with E-state index in [2.05, 4.69) is 0 Å². The Kier molecular flexibility index (Phi) is 9.69. The SMILES string of the molecule is Cc1cn(C2C[C@@H](OS(C)(=O)=O)[C@@H](COC(c3ccccc3)(c3ccccc3)c3ccccc3)O2)c(=O)n(C(=O)OC(C)(C)C)c1=O. The van der Waals surface area contributed by atoms with Gasteiger partial charge in [0.2, 0.25) is 0 Å². The molecule has 1 aliphatic heterocycles. The average molecular weight is 663 g/mol. The predicted molar refractivity (Wildman–Crippen MR) is 175 cm³/mol. The molecule has 12 heteroatoms. The van der Waals surface area contributed by atoms with Crippen molar-refractivity contribution in [1.82, 2.24) is 9.13 Å². The molecule has 5 rings (SSSR count). The summed E-state index contributed by atoms with van der Waals surface area (Å²) in [5, 5.41) is 0. The van der Waals surface area contributed by atoms with Crippen LogP contribution in [-0.2, 0) is 34.1 Å². The van der Waals surface area contributed by atoms with E-state index in [-0.39, 0.29) is 18.6 Å². The van der Waals surface area contributed by atoms with E-state index in [0.717, 1.165) is 27.5 Å². The summed E-state index contributed by atoms with van der Waals surface area (Å²) in [7, 11) is -3.98. The fourth-order valence-electron chi connectivity index (χ4n) is 5.70. The van der Waals surface area contributed by atoms with Crippen molar-refractivity contribution in [1.29, 1.82) is 0 Å². The molecule has 0 aliphatic carbocycles. The average Bonchev–Trinajstić information content (AvgIpc) is 3.40. The highest BCUT2D eigenvalue weighted by molar-refractivity contribution is 7.86. The smallest absolute Gasteiger partial charge is 0.425 e. The fourth-order valence-corrected chi connectivity index (χ4v) is 6.35. The zero-order chi connectivity index (χ0) is 34.0. The van der Waals surface area contributed by atoms with Crippen LogP contribution < -0.4 is 11.2 Å². The molecule has 2 heterocycles. The Morgan fingerprint density at radius 2 is 1.36 bits per heavy atom. The topological polar surface area (TPSA) is 132 Å². The Balaban J connectivity index is 1.56. The minimum atomic E-state index is -3.98. The molecule has 0 amide bonds. The summed E-state index contributed by atoms with van der Waals surface area (Å²) in [6.45, 7) is 6.13. The number of hydrogen-bond acceptors (Lipinski definition) is 9. The largest absolute Gasteiger partial charge is 0.443 e. The molecule has 4 aromatic rings.